The second kappa shape index (κ2) is 6.27. The lowest BCUT2D eigenvalue weighted by Gasteiger charge is -2.10. The largest absolute Gasteiger partial charge is 0.361 e. The van der Waals surface area contributed by atoms with E-state index in [1.54, 1.807) is 6.07 Å². The van der Waals surface area contributed by atoms with Gasteiger partial charge in [-0.3, -0.25) is 4.79 Å². The van der Waals surface area contributed by atoms with Gasteiger partial charge >= 0.3 is 0 Å². The van der Waals surface area contributed by atoms with Gasteiger partial charge in [0.15, 0.2) is 0 Å². The van der Waals surface area contributed by atoms with Crippen LogP contribution in [0.25, 0.3) is 0 Å². The maximum Gasteiger partial charge on any atom is 0.237 e. The smallest absolute Gasteiger partial charge is 0.237 e. The van der Waals surface area contributed by atoms with Crippen molar-refractivity contribution in [2.75, 3.05) is 0 Å². The monoisotopic (exact) mass is 225 g/mol. The zero-order chi connectivity index (χ0) is 12.0. The molecule has 3 N–H and O–H groups in total. The minimum Gasteiger partial charge on any atom is -0.361 e. The Morgan fingerprint density at radius 2 is 2.44 bits per heavy atom. The molecule has 1 aromatic heterocycles. The van der Waals surface area contributed by atoms with E-state index in [9.17, 15) is 4.79 Å². The molecule has 0 saturated heterocycles. The van der Waals surface area contributed by atoms with Crippen molar-refractivity contribution in [3.63, 3.8) is 0 Å². The molecule has 1 atom stereocenters. The van der Waals surface area contributed by atoms with Crippen LogP contribution in [-0.4, -0.2) is 17.1 Å². The van der Waals surface area contributed by atoms with Gasteiger partial charge in [-0.2, -0.15) is 0 Å². The summed E-state index contributed by atoms with van der Waals surface area (Å²) in [6, 6.07) is 1.37. The van der Waals surface area contributed by atoms with Crippen LogP contribution in [0.15, 0.2) is 10.6 Å². The van der Waals surface area contributed by atoms with Gasteiger partial charge in [-0.1, -0.05) is 24.9 Å². The summed E-state index contributed by atoms with van der Waals surface area (Å²) in [7, 11) is 0. The van der Waals surface area contributed by atoms with Gasteiger partial charge in [-0.05, 0) is 13.3 Å². The third-order valence-corrected chi connectivity index (χ3v) is 2.33. The molecule has 0 aliphatic carbocycles. The van der Waals surface area contributed by atoms with E-state index >= 15 is 0 Å². The summed E-state index contributed by atoms with van der Waals surface area (Å²) < 4.78 is 4.89. The molecule has 1 rings (SSSR count). The van der Waals surface area contributed by atoms with Crippen LogP contribution >= 0.6 is 0 Å². The molecule has 0 saturated carbocycles. The first-order chi connectivity index (χ1) is 7.63. The van der Waals surface area contributed by atoms with Gasteiger partial charge in [0.05, 0.1) is 12.6 Å². The molecular formula is C11H19N3O2. The highest BCUT2D eigenvalue weighted by atomic mass is 16.5. The summed E-state index contributed by atoms with van der Waals surface area (Å²) in [5, 5.41) is 6.51. The van der Waals surface area contributed by atoms with Crippen LogP contribution < -0.4 is 11.1 Å². The van der Waals surface area contributed by atoms with E-state index in [-0.39, 0.29) is 5.91 Å². The van der Waals surface area contributed by atoms with Crippen molar-refractivity contribution in [3.8, 4) is 0 Å². The maximum atomic E-state index is 11.5. The van der Waals surface area contributed by atoms with Gasteiger partial charge in [0.2, 0.25) is 5.91 Å². The number of carbonyl (C=O) groups excluding carboxylic acids is 1. The molecule has 1 unspecified atom stereocenters. The highest BCUT2D eigenvalue weighted by Crippen LogP contribution is 2.02. The molecule has 0 spiro atoms. The Bertz CT molecular complexity index is 336. The van der Waals surface area contributed by atoms with Crippen LogP contribution in [0, 0.1) is 6.92 Å². The van der Waals surface area contributed by atoms with Crippen LogP contribution in [0.2, 0.25) is 0 Å². The fourth-order valence-electron chi connectivity index (χ4n) is 1.37. The van der Waals surface area contributed by atoms with E-state index in [0.717, 1.165) is 25.0 Å². The number of aromatic nitrogens is 1. The van der Waals surface area contributed by atoms with Gasteiger partial charge in [0.25, 0.3) is 0 Å². The minimum absolute atomic E-state index is 0.130. The second-order valence-electron chi connectivity index (χ2n) is 3.90. The van der Waals surface area contributed by atoms with E-state index in [1.807, 2.05) is 6.92 Å². The summed E-state index contributed by atoms with van der Waals surface area (Å²) in [6.07, 6.45) is 2.74. The first kappa shape index (κ1) is 12.7. The fraction of sp³-hybridized carbons (Fsp3) is 0.636. The zero-order valence-corrected chi connectivity index (χ0v) is 9.82. The van der Waals surface area contributed by atoms with Crippen molar-refractivity contribution < 1.29 is 9.32 Å². The van der Waals surface area contributed by atoms with Crippen LogP contribution in [0.1, 0.15) is 37.6 Å². The lowest BCUT2D eigenvalue weighted by molar-refractivity contribution is -0.122. The predicted molar refractivity (Wildman–Crippen MR) is 60.6 cm³/mol. The Balaban J connectivity index is 2.29. The van der Waals surface area contributed by atoms with Crippen LogP contribution in [0.5, 0.6) is 0 Å². The Kier molecular flexibility index (Phi) is 4.98. The van der Waals surface area contributed by atoms with Gasteiger partial charge in [0.1, 0.15) is 11.5 Å². The summed E-state index contributed by atoms with van der Waals surface area (Å²) in [5.74, 6) is 0.605. The molecule has 1 heterocycles. The van der Waals surface area contributed by atoms with E-state index in [1.165, 1.54) is 0 Å². The molecule has 1 amide bonds. The van der Waals surface area contributed by atoms with Crippen LogP contribution in [0.3, 0.4) is 0 Å². The van der Waals surface area contributed by atoms with E-state index in [4.69, 9.17) is 10.3 Å². The van der Waals surface area contributed by atoms with Gasteiger partial charge < -0.3 is 15.6 Å². The highest BCUT2D eigenvalue weighted by Gasteiger charge is 2.12. The van der Waals surface area contributed by atoms with E-state index < -0.39 is 6.04 Å². The molecule has 1 aromatic rings. The second-order valence-corrected chi connectivity index (χ2v) is 3.90. The van der Waals surface area contributed by atoms with Crippen molar-refractivity contribution in [2.24, 2.45) is 5.73 Å². The predicted octanol–water partition coefficient (Wildman–Crippen LogP) is 1.12. The van der Waals surface area contributed by atoms with Gasteiger partial charge in [-0.15, -0.1) is 0 Å². The molecule has 0 bridgehead atoms. The van der Waals surface area contributed by atoms with Crippen LogP contribution in [0.4, 0.5) is 0 Å². The average Bonchev–Trinajstić information content (AvgIpc) is 2.68. The van der Waals surface area contributed by atoms with Gasteiger partial charge in [0, 0.05) is 6.07 Å². The number of aryl methyl sites for hydroxylation is 1. The van der Waals surface area contributed by atoms with E-state index in [2.05, 4.69) is 17.4 Å². The average molecular weight is 225 g/mol. The lowest BCUT2D eigenvalue weighted by Crippen LogP contribution is -2.40. The van der Waals surface area contributed by atoms with E-state index in [0.29, 0.717) is 12.2 Å². The number of hydrogen-bond donors (Lipinski definition) is 2. The summed E-state index contributed by atoms with van der Waals surface area (Å²) in [6.45, 7) is 4.25. The maximum absolute atomic E-state index is 11.5. The van der Waals surface area contributed by atoms with Crippen molar-refractivity contribution in [1.82, 2.24) is 10.5 Å². The third kappa shape index (κ3) is 4.02. The van der Waals surface area contributed by atoms with Crippen molar-refractivity contribution in [1.29, 1.82) is 0 Å². The number of unbranched alkanes of at least 4 members (excludes halogenated alkanes) is 1. The van der Waals surface area contributed by atoms with Crippen molar-refractivity contribution in [3.05, 3.63) is 17.5 Å². The third-order valence-electron chi connectivity index (χ3n) is 2.33. The number of carbonyl (C=O) groups is 1. The number of hydrogen-bond acceptors (Lipinski definition) is 4. The summed E-state index contributed by atoms with van der Waals surface area (Å²) in [5.41, 5.74) is 6.43. The quantitative estimate of drug-likeness (QED) is 0.760. The molecule has 5 nitrogen and oxygen atoms in total. The molecule has 0 aliphatic heterocycles. The fourth-order valence-corrected chi connectivity index (χ4v) is 1.37. The lowest BCUT2D eigenvalue weighted by atomic mass is 10.1. The van der Waals surface area contributed by atoms with Crippen molar-refractivity contribution >= 4 is 5.91 Å². The number of nitrogens with two attached hydrogens (primary N) is 1. The molecule has 5 heteroatoms. The Morgan fingerprint density at radius 3 is 3.00 bits per heavy atom. The molecule has 0 aromatic carbocycles. The molecular weight excluding hydrogens is 206 g/mol. The topological polar surface area (TPSA) is 81.2 Å². The first-order valence-electron chi connectivity index (χ1n) is 5.59. The number of rotatable bonds is 6. The summed E-state index contributed by atoms with van der Waals surface area (Å²) >= 11 is 0. The Hall–Kier alpha value is -1.36. The SMILES string of the molecule is CCCCC(N)C(=O)NCc1cc(C)on1. The van der Waals surface area contributed by atoms with Crippen molar-refractivity contribution in [2.45, 2.75) is 45.7 Å². The molecule has 0 radical (unpaired) electrons. The molecule has 16 heavy (non-hydrogen) atoms. The first-order valence-corrected chi connectivity index (χ1v) is 5.59. The number of amides is 1. The molecule has 90 valence electrons. The summed E-state index contributed by atoms with van der Waals surface area (Å²) in [4.78, 5) is 11.5. The Labute approximate surface area is 95.4 Å². The van der Waals surface area contributed by atoms with Gasteiger partial charge in [-0.25, -0.2) is 0 Å². The zero-order valence-electron chi connectivity index (χ0n) is 9.82. The minimum atomic E-state index is -0.423. The van der Waals surface area contributed by atoms with Crippen LogP contribution in [-0.2, 0) is 11.3 Å². The Morgan fingerprint density at radius 1 is 1.69 bits per heavy atom. The highest BCUT2D eigenvalue weighted by molar-refractivity contribution is 5.81. The number of nitrogens with zero attached hydrogens (tertiary/aromatic N) is 1. The standard InChI is InChI=1S/C11H19N3O2/c1-3-4-5-10(12)11(15)13-7-9-6-8(2)16-14-9/h6,10H,3-5,7,12H2,1-2H3,(H,13,15). The molecule has 0 fully saturated rings. The molecule has 0 aliphatic rings. The number of nitrogens with one attached hydrogen (secondary N) is 1. The normalized spacial score (nSPS) is 12.4.